The first-order valence-corrected chi connectivity index (χ1v) is 7.21. The lowest BCUT2D eigenvalue weighted by atomic mass is 10.1. The average molecular weight is 297 g/mol. The number of nitrogens with one attached hydrogen (secondary N) is 1. The highest BCUT2D eigenvalue weighted by atomic mass is 16.5. The van der Waals surface area contributed by atoms with E-state index in [1.807, 2.05) is 31.2 Å². The molecule has 0 heterocycles. The van der Waals surface area contributed by atoms with Crippen LogP contribution in [0.3, 0.4) is 0 Å². The quantitative estimate of drug-likeness (QED) is 0.861. The van der Waals surface area contributed by atoms with Crippen LogP contribution in [0.2, 0.25) is 0 Å². The molecule has 0 aromatic heterocycles. The second-order valence-electron chi connectivity index (χ2n) is 5.01. The summed E-state index contributed by atoms with van der Waals surface area (Å²) in [4.78, 5) is 23.5. The maximum absolute atomic E-state index is 12.0. The molecule has 0 unspecified atom stereocenters. The molecule has 0 aliphatic carbocycles. The third-order valence-electron chi connectivity index (χ3n) is 3.17. The lowest BCUT2D eigenvalue weighted by Gasteiger charge is -2.07. The van der Waals surface area contributed by atoms with Crippen molar-refractivity contribution < 1.29 is 14.3 Å². The van der Waals surface area contributed by atoms with Crippen LogP contribution in [0.25, 0.3) is 0 Å². The molecule has 1 amide bonds. The summed E-state index contributed by atoms with van der Waals surface area (Å²) < 4.78 is 4.91. The van der Waals surface area contributed by atoms with E-state index in [4.69, 9.17) is 4.74 Å². The van der Waals surface area contributed by atoms with Crippen LogP contribution >= 0.6 is 0 Å². The summed E-state index contributed by atoms with van der Waals surface area (Å²) in [6.45, 7) is 4.11. The minimum absolute atomic E-state index is 0.0901. The Morgan fingerprint density at radius 2 is 1.64 bits per heavy atom. The monoisotopic (exact) mass is 297 g/mol. The Kier molecular flexibility index (Phi) is 5.31. The van der Waals surface area contributed by atoms with Gasteiger partial charge in [0.1, 0.15) is 0 Å². The van der Waals surface area contributed by atoms with E-state index >= 15 is 0 Å². The van der Waals surface area contributed by atoms with Crippen molar-refractivity contribution in [3.8, 4) is 0 Å². The van der Waals surface area contributed by atoms with E-state index in [0.29, 0.717) is 24.3 Å². The number of benzene rings is 2. The summed E-state index contributed by atoms with van der Waals surface area (Å²) in [6, 6.07) is 14.5. The molecule has 4 nitrogen and oxygen atoms in total. The molecule has 0 fully saturated rings. The van der Waals surface area contributed by atoms with Gasteiger partial charge in [0.2, 0.25) is 5.91 Å². The normalized spacial score (nSPS) is 10.1. The van der Waals surface area contributed by atoms with Crippen molar-refractivity contribution in [3.05, 3.63) is 65.2 Å². The molecule has 0 bridgehead atoms. The lowest BCUT2D eigenvalue weighted by Crippen LogP contribution is -2.14. The van der Waals surface area contributed by atoms with Gasteiger partial charge in [-0.25, -0.2) is 4.79 Å². The van der Waals surface area contributed by atoms with Gasteiger partial charge in [-0.05, 0) is 43.7 Å². The standard InChI is InChI=1S/C18H19NO3/c1-3-22-18(21)15-8-10-16(11-9-15)19-17(20)12-14-6-4-13(2)5-7-14/h4-11H,3,12H2,1-2H3,(H,19,20). The molecule has 2 aromatic carbocycles. The number of amides is 1. The minimum atomic E-state index is -0.361. The van der Waals surface area contributed by atoms with Gasteiger partial charge in [0.15, 0.2) is 0 Å². The van der Waals surface area contributed by atoms with Crippen molar-refractivity contribution in [1.82, 2.24) is 0 Å². The van der Waals surface area contributed by atoms with Crippen LogP contribution in [0.1, 0.15) is 28.4 Å². The predicted molar refractivity (Wildman–Crippen MR) is 85.9 cm³/mol. The van der Waals surface area contributed by atoms with E-state index < -0.39 is 0 Å². The van der Waals surface area contributed by atoms with Crippen molar-refractivity contribution >= 4 is 17.6 Å². The fraction of sp³-hybridized carbons (Fsp3) is 0.222. The summed E-state index contributed by atoms with van der Waals surface area (Å²) >= 11 is 0. The zero-order valence-corrected chi connectivity index (χ0v) is 12.8. The highest BCUT2D eigenvalue weighted by Crippen LogP contribution is 2.12. The number of hydrogen-bond acceptors (Lipinski definition) is 3. The molecule has 0 atom stereocenters. The van der Waals surface area contributed by atoms with E-state index in [1.54, 1.807) is 31.2 Å². The van der Waals surface area contributed by atoms with Gasteiger partial charge in [-0.3, -0.25) is 4.79 Å². The van der Waals surface area contributed by atoms with Gasteiger partial charge in [-0.15, -0.1) is 0 Å². The number of carbonyl (C=O) groups is 2. The van der Waals surface area contributed by atoms with E-state index in [0.717, 1.165) is 5.56 Å². The molecule has 0 aliphatic heterocycles. The molecule has 4 heteroatoms. The number of rotatable bonds is 5. The third kappa shape index (κ3) is 4.45. The third-order valence-corrected chi connectivity index (χ3v) is 3.17. The Morgan fingerprint density at radius 3 is 2.23 bits per heavy atom. The molecule has 2 rings (SSSR count). The second kappa shape index (κ2) is 7.41. The van der Waals surface area contributed by atoms with Gasteiger partial charge in [0.25, 0.3) is 0 Å². The first-order valence-electron chi connectivity index (χ1n) is 7.21. The fourth-order valence-corrected chi connectivity index (χ4v) is 2.00. The molecule has 0 spiro atoms. The summed E-state index contributed by atoms with van der Waals surface area (Å²) in [7, 11) is 0. The molecule has 2 aromatic rings. The number of aryl methyl sites for hydroxylation is 1. The van der Waals surface area contributed by atoms with Crippen LogP contribution in [0, 0.1) is 6.92 Å². The van der Waals surface area contributed by atoms with Gasteiger partial charge in [0.05, 0.1) is 18.6 Å². The number of esters is 1. The Bertz CT molecular complexity index is 645. The topological polar surface area (TPSA) is 55.4 Å². The van der Waals surface area contributed by atoms with Crippen LogP contribution in [0.4, 0.5) is 5.69 Å². The Morgan fingerprint density at radius 1 is 1.00 bits per heavy atom. The van der Waals surface area contributed by atoms with Crippen molar-refractivity contribution in [2.24, 2.45) is 0 Å². The van der Waals surface area contributed by atoms with Crippen LogP contribution in [0.15, 0.2) is 48.5 Å². The zero-order chi connectivity index (χ0) is 15.9. The zero-order valence-electron chi connectivity index (χ0n) is 12.8. The number of carbonyl (C=O) groups excluding carboxylic acids is 2. The van der Waals surface area contributed by atoms with Crippen LogP contribution < -0.4 is 5.32 Å². The molecule has 1 N–H and O–H groups in total. The first-order chi connectivity index (χ1) is 10.6. The van der Waals surface area contributed by atoms with Gasteiger partial charge in [-0.2, -0.15) is 0 Å². The molecule has 0 saturated carbocycles. The SMILES string of the molecule is CCOC(=O)c1ccc(NC(=O)Cc2ccc(C)cc2)cc1. The van der Waals surface area contributed by atoms with Crippen LogP contribution in [-0.2, 0) is 16.0 Å². The molecule has 22 heavy (non-hydrogen) atoms. The summed E-state index contributed by atoms with van der Waals surface area (Å²) in [5.74, 6) is -0.451. The van der Waals surface area contributed by atoms with Crippen LogP contribution in [-0.4, -0.2) is 18.5 Å². The lowest BCUT2D eigenvalue weighted by molar-refractivity contribution is -0.115. The summed E-state index contributed by atoms with van der Waals surface area (Å²) in [6.07, 6.45) is 0.319. The number of ether oxygens (including phenoxy) is 1. The molecular weight excluding hydrogens is 278 g/mol. The Balaban J connectivity index is 1.94. The van der Waals surface area contributed by atoms with E-state index in [1.165, 1.54) is 5.56 Å². The van der Waals surface area contributed by atoms with E-state index in [9.17, 15) is 9.59 Å². The van der Waals surface area contributed by atoms with Gasteiger partial charge < -0.3 is 10.1 Å². The smallest absolute Gasteiger partial charge is 0.338 e. The molecule has 0 saturated heterocycles. The minimum Gasteiger partial charge on any atom is -0.462 e. The Hall–Kier alpha value is -2.62. The maximum atomic E-state index is 12.0. The maximum Gasteiger partial charge on any atom is 0.338 e. The van der Waals surface area contributed by atoms with Crippen molar-refractivity contribution in [2.75, 3.05) is 11.9 Å². The average Bonchev–Trinajstić information content (AvgIpc) is 2.50. The van der Waals surface area contributed by atoms with Gasteiger partial charge in [0, 0.05) is 5.69 Å². The Labute approximate surface area is 130 Å². The van der Waals surface area contributed by atoms with Crippen LogP contribution in [0.5, 0.6) is 0 Å². The first kappa shape index (κ1) is 15.8. The molecule has 0 aliphatic rings. The summed E-state index contributed by atoms with van der Waals surface area (Å²) in [5, 5.41) is 2.81. The van der Waals surface area contributed by atoms with Crippen molar-refractivity contribution in [3.63, 3.8) is 0 Å². The molecule has 114 valence electrons. The van der Waals surface area contributed by atoms with Crippen molar-refractivity contribution in [2.45, 2.75) is 20.3 Å². The highest BCUT2D eigenvalue weighted by Gasteiger charge is 2.07. The van der Waals surface area contributed by atoms with E-state index in [2.05, 4.69) is 5.32 Å². The van der Waals surface area contributed by atoms with Gasteiger partial charge >= 0.3 is 5.97 Å². The van der Waals surface area contributed by atoms with Crippen molar-refractivity contribution in [1.29, 1.82) is 0 Å². The number of anilines is 1. The molecule has 0 radical (unpaired) electrons. The molecular formula is C18H19NO3. The number of hydrogen-bond donors (Lipinski definition) is 1. The largest absolute Gasteiger partial charge is 0.462 e. The van der Waals surface area contributed by atoms with E-state index in [-0.39, 0.29) is 11.9 Å². The highest BCUT2D eigenvalue weighted by molar-refractivity contribution is 5.94. The summed E-state index contributed by atoms with van der Waals surface area (Å²) in [5.41, 5.74) is 3.26. The fourth-order valence-electron chi connectivity index (χ4n) is 2.00. The second-order valence-corrected chi connectivity index (χ2v) is 5.01. The van der Waals surface area contributed by atoms with Gasteiger partial charge in [-0.1, -0.05) is 29.8 Å². The predicted octanol–water partition coefficient (Wildman–Crippen LogP) is 3.35.